The van der Waals surface area contributed by atoms with Gasteiger partial charge in [-0.2, -0.15) is 10.4 Å². The van der Waals surface area contributed by atoms with Crippen molar-refractivity contribution in [2.75, 3.05) is 33.8 Å². The van der Waals surface area contributed by atoms with Gasteiger partial charge in [0.05, 0.1) is 29.9 Å². The van der Waals surface area contributed by atoms with Gasteiger partial charge < -0.3 is 18.9 Å². The van der Waals surface area contributed by atoms with Crippen molar-refractivity contribution < 1.29 is 13.9 Å². The molecule has 1 aromatic carbocycles. The predicted octanol–water partition coefficient (Wildman–Crippen LogP) is 6.12. The smallest absolute Gasteiger partial charge is 0.145 e. The summed E-state index contributed by atoms with van der Waals surface area (Å²) in [6.45, 7) is 10.8. The minimum absolute atomic E-state index is 0.0640. The maximum Gasteiger partial charge on any atom is 0.145 e. The van der Waals surface area contributed by atoms with E-state index in [4.69, 9.17) is 14.6 Å². The molecule has 4 heterocycles. The number of hydrogen-bond donors (Lipinski definition) is 0. The molecule has 2 aliphatic rings. The molecule has 0 spiro atoms. The summed E-state index contributed by atoms with van der Waals surface area (Å²) in [4.78, 5) is 13.7. The fourth-order valence-corrected chi connectivity index (χ4v) is 7.67. The van der Waals surface area contributed by atoms with Gasteiger partial charge in [-0.05, 0) is 69.6 Å². The zero-order valence-electron chi connectivity index (χ0n) is 28.3. The number of nitrogens with zero attached hydrogens (tertiary/aromatic N) is 8. The van der Waals surface area contributed by atoms with E-state index in [0.717, 1.165) is 79.3 Å². The van der Waals surface area contributed by atoms with Crippen LogP contribution in [0.3, 0.4) is 0 Å². The summed E-state index contributed by atoms with van der Waals surface area (Å²) < 4.78 is 30.5. The molecule has 0 unspecified atom stereocenters. The van der Waals surface area contributed by atoms with Crippen LogP contribution in [0.2, 0.25) is 25.7 Å². The fourth-order valence-electron chi connectivity index (χ4n) is 6.92. The molecule has 2 fully saturated rings. The van der Waals surface area contributed by atoms with Crippen LogP contribution < -0.4 is 4.74 Å². The third-order valence-corrected chi connectivity index (χ3v) is 11.2. The summed E-state index contributed by atoms with van der Waals surface area (Å²) in [6.07, 6.45) is 11.5. The Hall–Kier alpha value is -3.63. The van der Waals surface area contributed by atoms with E-state index in [1.54, 1.807) is 12.4 Å². The van der Waals surface area contributed by atoms with Gasteiger partial charge in [0.1, 0.15) is 36.4 Å². The highest BCUT2D eigenvalue weighted by atomic mass is 28.3. The Morgan fingerprint density at radius 3 is 2.64 bits per heavy atom. The Morgan fingerprint density at radius 2 is 1.91 bits per heavy atom. The lowest BCUT2D eigenvalue weighted by Gasteiger charge is -2.52. The molecule has 4 aromatic rings. The van der Waals surface area contributed by atoms with E-state index in [1.165, 1.54) is 6.07 Å². The molecule has 1 aliphatic carbocycles. The van der Waals surface area contributed by atoms with Crippen LogP contribution in [0.5, 0.6) is 5.75 Å². The predicted molar refractivity (Wildman–Crippen MR) is 183 cm³/mol. The molecule has 1 saturated carbocycles. The fraction of sp³-hybridized carbons (Fsp3) is 0.543. The summed E-state index contributed by atoms with van der Waals surface area (Å²) in [7, 11) is 2.79. The van der Waals surface area contributed by atoms with Gasteiger partial charge in [0.25, 0.3) is 0 Å². The molecule has 250 valence electrons. The number of nitriles is 1. The molecule has 0 atom stereocenters. The highest BCUT2D eigenvalue weighted by molar-refractivity contribution is 6.76. The van der Waals surface area contributed by atoms with Gasteiger partial charge in [0.15, 0.2) is 0 Å². The standard InChI is InChI=1S/C35H47FN8O2Si/c1-41(2)22-26-16-28(36)18-31(17-26)46-30-6-11-42(12-7-30)29-19-35(20-29,9-10-37)44-23-27(21-40-44)33-32-8-13-43(34(32)39-24-38-33)25-45-14-15-47(3,4)5/h8,13,16-18,21,23-24,29-30H,6-7,9,11-12,14-15,19-20,22,25H2,1-5H3/t29-,35+. The number of likely N-dealkylation sites (tertiary alicyclic amines) is 1. The molecule has 1 saturated heterocycles. The lowest BCUT2D eigenvalue weighted by molar-refractivity contribution is -0.0207. The third kappa shape index (κ3) is 7.75. The van der Waals surface area contributed by atoms with Crippen molar-refractivity contribution in [3.05, 3.63) is 60.6 Å². The third-order valence-electron chi connectivity index (χ3n) is 9.49. The van der Waals surface area contributed by atoms with Crippen LogP contribution in [0.4, 0.5) is 4.39 Å². The Labute approximate surface area is 278 Å². The van der Waals surface area contributed by atoms with Crippen molar-refractivity contribution >= 4 is 19.1 Å². The number of halogens is 1. The number of hydrogen-bond acceptors (Lipinski definition) is 8. The summed E-state index contributed by atoms with van der Waals surface area (Å²) in [5.41, 5.74) is 3.16. The number of piperidine rings is 1. The van der Waals surface area contributed by atoms with E-state index >= 15 is 0 Å². The average molecular weight is 659 g/mol. The molecule has 0 N–H and O–H groups in total. The molecule has 10 nitrogen and oxygen atoms in total. The van der Waals surface area contributed by atoms with Gasteiger partial charge in [-0.3, -0.25) is 9.58 Å². The molecule has 6 rings (SSSR count). The first kappa shape index (κ1) is 33.3. The quantitative estimate of drug-likeness (QED) is 0.125. The Kier molecular flexibility index (Phi) is 9.80. The molecule has 0 bridgehead atoms. The van der Waals surface area contributed by atoms with E-state index in [-0.39, 0.29) is 17.5 Å². The topological polar surface area (TPSA) is 97.3 Å². The molecular formula is C35H47FN8O2Si. The van der Waals surface area contributed by atoms with Crippen LogP contribution in [0, 0.1) is 17.1 Å². The molecule has 47 heavy (non-hydrogen) atoms. The van der Waals surface area contributed by atoms with Crippen molar-refractivity contribution in [3.8, 4) is 23.1 Å². The monoisotopic (exact) mass is 658 g/mol. The number of fused-ring (bicyclic) bond motifs is 1. The van der Waals surface area contributed by atoms with E-state index in [0.29, 0.717) is 31.5 Å². The van der Waals surface area contributed by atoms with Crippen molar-refractivity contribution in [1.82, 2.24) is 34.1 Å². The van der Waals surface area contributed by atoms with Crippen molar-refractivity contribution in [2.45, 2.75) is 88.7 Å². The van der Waals surface area contributed by atoms with E-state index in [2.05, 4.69) is 40.6 Å². The number of aromatic nitrogens is 5. The summed E-state index contributed by atoms with van der Waals surface area (Å²) in [5, 5.41) is 15.5. The second-order valence-electron chi connectivity index (χ2n) is 14.8. The SMILES string of the molecule is CN(C)Cc1cc(F)cc(OC2CCN([C@H]3C[C@@](CC#N)(n4cc(-c5ncnc6c5ccn6COCC[Si](C)(C)C)cn4)C3)CC2)c1. The van der Waals surface area contributed by atoms with E-state index < -0.39 is 8.07 Å². The second kappa shape index (κ2) is 13.8. The lowest BCUT2D eigenvalue weighted by Crippen LogP contribution is -2.58. The molecular weight excluding hydrogens is 612 g/mol. The van der Waals surface area contributed by atoms with Gasteiger partial charge in [-0.1, -0.05) is 19.6 Å². The first-order valence-electron chi connectivity index (χ1n) is 16.7. The average Bonchev–Trinajstić information content (AvgIpc) is 3.64. The van der Waals surface area contributed by atoms with Crippen LogP contribution in [0.25, 0.3) is 22.3 Å². The highest BCUT2D eigenvalue weighted by Crippen LogP contribution is 2.45. The lowest BCUT2D eigenvalue weighted by atomic mass is 9.69. The van der Waals surface area contributed by atoms with Gasteiger partial charge in [-0.25, -0.2) is 14.4 Å². The molecule has 0 amide bonds. The normalized spacial score (nSPS) is 20.9. The molecule has 12 heteroatoms. The first-order chi connectivity index (χ1) is 22.5. The van der Waals surface area contributed by atoms with E-state index in [1.807, 2.05) is 59.0 Å². The van der Waals surface area contributed by atoms with Crippen molar-refractivity contribution in [2.24, 2.45) is 0 Å². The van der Waals surface area contributed by atoms with Gasteiger partial charge in [0, 0.05) is 69.8 Å². The largest absolute Gasteiger partial charge is 0.490 e. The van der Waals surface area contributed by atoms with Crippen LogP contribution in [-0.4, -0.2) is 88.1 Å². The zero-order chi connectivity index (χ0) is 33.2. The Bertz CT molecular complexity index is 1710. The number of benzene rings is 1. The maximum absolute atomic E-state index is 14.2. The van der Waals surface area contributed by atoms with Crippen LogP contribution in [0.15, 0.2) is 49.2 Å². The van der Waals surface area contributed by atoms with Crippen LogP contribution in [-0.2, 0) is 23.6 Å². The number of ether oxygens (including phenoxy) is 2. The van der Waals surface area contributed by atoms with E-state index in [9.17, 15) is 9.65 Å². The minimum atomic E-state index is -1.15. The summed E-state index contributed by atoms with van der Waals surface area (Å²) >= 11 is 0. The minimum Gasteiger partial charge on any atom is -0.490 e. The van der Waals surface area contributed by atoms with Crippen molar-refractivity contribution in [3.63, 3.8) is 0 Å². The van der Waals surface area contributed by atoms with Crippen LogP contribution >= 0.6 is 0 Å². The zero-order valence-corrected chi connectivity index (χ0v) is 29.3. The first-order valence-corrected chi connectivity index (χ1v) is 20.4. The summed E-state index contributed by atoms with van der Waals surface area (Å²) in [5.74, 6) is 0.344. The Balaban J connectivity index is 1.07. The second-order valence-corrected chi connectivity index (χ2v) is 20.4. The van der Waals surface area contributed by atoms with Gasteiger partial charge in [0.2, 0.25) is 0 Å². The molecule has 0 radical (unpaired) electrons. The van der Waals surface area contributed by atoms with Gasteiger partial charge >= 0.3 is 0 Å². The maximum atomic E-state index is 14.2. The van der Waals surface area contributed by atoms with Crippen LogP contribution in [0.1, 0.15) is 37.7 Å². The molecule has 1 aliphatic heterocycles. The Morgan fingerprint density at radius 1 is 1.13 bits per heavy atom. The summed E-state index contributed by atoms with van der Waals surface area (Å²) in [6, 6.07) is 11.0. The highest BCUT2D eigenvalue weighted by Gasteiger charge is 2.49. The molecule has 3 aromatic heterocycles. The van der Waals surface area contributed by atoms with Crippen molar-refractivity contribution in [1.29, 1.82) is 5.26 Å². The number of rotatable bonds is 13. The van der Waals surface area contributed by atoms with Gasteiger partial charge in [-0.15, -0.1) is 0 Å².